The highest BCUT2D eigenvalue weighted by atomic mass is 16.4. The number of hydrogen-bond donors (Lipinski definition) is 1. The van der Waals surface area contributed by atoms with Crippen molar-refractivity contribution in [2.75, 3.05) is 0 Å². The summed E-state index contributed by atoms with van der Waals surface area (Å²) in [7, 11) is 0. The molecule has 3 rings (SSSR count). The summed E-state index contributed by atoms with van der Waals surface area (Å²) >= 11 is 0. The maximum absolute atomic E-state index is 11.3. The van der Waals surface area contributed by atoms with Gasteiger partial charge in [-0.15, -0.1) is 0 Å². The Bertz CT molecular complexity index is 775. The van der Waals surface area contributed by atoms with Gasteiger partial charge in [-0.3, -0.25) is 4.40 Å². The molecule has 0 spiro atoms. The number of rotatable bonds is 2. The standard InChI is InChI=1S/C15H12N2O2/c1-10-6-2-3-7-11(10)13-12-8-4-5-9-17(12)14(16-13)15(18)19/h2-9H,1H3,(H,18,19). The quantitative estimate of drug-likeness (QED) is 0.762. The van der Waals surface area contributed by atoms with Crippen molar-refractivity contribution in [3.05, 3.63) is 60.0 Å². The topological polar surface area (TPSA) is 54.6 Å². The fourth-order valence-corrected chi connectivity index (χ4v) is 2.23. The minimum atomic E-state index is -1.03. The number of aryl methyl sites for hydroxylation is 1. The van der Waals surface area contributed by atoms with Gasteiger partial charge in [0, 0.05) is 11.8 Å². The lowest BCUT2D eigenvalue weighted by molar-refractivity contribution is 0.0683. The Morgan fingerprint density at radius 2 is 1.89 bits per heavy atom. The van der Waals surface area contributed by atoms with Crippen LogP contribution < -0.4 is 0 Å². The van der Waals surface area contributed by atoms with E-state index >= 15 is 0 Å². The molecule has 4 nitrogen and oxygen atoms in total. The number of aromatic carboxylic acids is 1. The van der Waals surface area contributed by atoms with Crippen molar-refractivity contribution in [3.8, 4) is 11.3 Å². The maximum Gasteiger partial charge on any atom is 0.372 e. The van der Waals surface area contributed by atoms with E-state index in [-0.39, 0.29) is 5.82 Å². The van der Waals surface area contributed by atoms with Crippen molar-refractivity contribution in [2.24, 2.45) is 0 Å². The van der Waals surface area contributed by atoms with Gasteiger partial charge in [-0.25, -0.2) is 9.78 Å². The average molecular weight is 252 g/mol. The molecule has 19 heavy (non-hydrogen) atoms. The molecule has 0 unspecified atom stereocenters. The van der Waals surface area contributed by atoms with Gasteiger partial charge in [0.05, 0.1) is 11.2 Å². The first kappa shape index (κ1) is 11.5. The molecule has 2 heterocycles. The van der Waals surface area contributed by atoms with E-state index < -0.39 is 5.97 Å². The Kier molecular flexibility index (Phi) is 2.56. The summed E-state index contributed by atoms with van der Waals surface area (Å²) in [4.78, 5) is 15.5. The predicted molar refractivity (Wildman–Crippen MR) is 72.3 cm³/mol. The Balaban J connectivity index is 2.37. The monoisotopic (exact) mass is 252 g/mol. The van der Waals surface area contributed by atoms with Crippen molar-refractivity contribution in [2.45, 2.75) is 6.92 Å². The van der Waals surface area contributed by atoms with Gasteiger partial charge < -0.3 is 5.11 Å². The fraction of sp³-hybridized carbons (Fsp3) is 0.0667. The second-order valence-corrected chi connectivity index (χ2v) is 4.36. The van der Waals surface area contributed by atoms with Crippen molar-refractivity contribution < 1.29 is 9.90 Å². The molecule has 0 saturated heterocycles. The van der Waals surface area contributed by atoms with Gasteiger partial charge in [-0.2, -0.15) is 0 Å². The molecule has 0 radical (unpaired) electrons. The second kappa shape index (κ2) is 4.24. The summed E-state index contributed by atoms with van der Waals surface area (Å²) in [6, 6.07) is 13.4. The molecule has 94 valence electrons. The number of pyridine rings is 1. The van der Waals surface area contributed by atoms with Crippen LogP contribution in [0.15, 0.2) is 48.7 Å². The Hall–Kier alpha value is -2.62. The van der Waals surface area contributed by atoms with Crippen molar-refractivity contribution in [1.29, 1.82) is 0 Å². The number of fused-ring (bicyclic) bond motifs is 1. The van der Waals surface area contributed by atoms with Gasteiger partial charge in [0.25, 0.3) is 0 Å². The van der Waals surface area contributed by atoms with Gasteiger partial charge in [0.2, 0.25) is 5.82 Å². The van der Waals surface area contributed by atoms with Crippen LogP contribution >= 0.6 is 0 Å². The van der Waals surface area contributed by atoms with E-state index in [9.17, 15) is 9.90 Å². The van der Waals surface area contributed by atoms with Crippen LogP contribution in [0.5, 0.6) is 0 Å². The molecule has 0 aliphatic rings. The van der Waals surface area contributed by atoms with E-state index in [1.54, 1.807) is 16.7 Å². The van der Waals surface area contributed by atoms with Gasteiger partial charge in [-0.1, -0.05) is 30.3 Å². The van der Waals surface area contributed by atoms with Gasteiger partial charge >= 0.3 is 5.97 Å². The second-order valence-electron chi connectivity index (χ2n) is 4.36. The summed E-state index contributed by atoms with van der Waals surface area (Å²) < 4.78 is 1.60. The largest absolute Gasteiger partial charge is 0.475 e. The Morgan fingerprint density at radius 1 is 1.16 bits per heavy atom. The van der Waals surface area contributed by atoms with Gasteiger partial charge in [-0.05, 0) is 24.6 Å². The molecule has 1 aromatic carbocycles. The lowest BCUT2D eigenvalue weighted by atomic mass is 10.1. The number of carboxylic acid groups (broad SMARTS) is 1. The number of carboxylic acids is 1. The summed E-state index contributed by atoms with van der Waals surface area (Å²) in [5.41, 5.74) is 3.53. The van der Waals surface area contributed by atoms with Crippen molar-refractivity contribution >= 4 is 11.5 Å². The number of imidazole rings is 1. The highest BCUT2D eigenvalue weighted by molar-refractivity contribution is 5.90. The SMILES string of the molecule is Cc1ccccc1-c1nc(C(=O)O)n2ccccc12. The Morgan fingerprint density at radius 3 is 2.63 bits per heavy atom. The summed E-state index contributed by atoms with van der Waals surface area (Å²) in [6.07, 6.45) is 1.72. The van der Waals surface area contributed by atoms with E-state index in [0.717, 1.165) is 16.6 Å². The predicted octanol–water partition coefficient (Wildman–Crippen LogP) is 3.01. The van der Waals surface area contributed by atoms with E-state index in [4.69, 9.17) is 0 Å². The third-order valence-corrected chi connectivity index (χ3v) is 3.14. The third-order valence-electron chi connectivity index (χ3n) is 3.14. The zero-order chi connectivity index (χ0) is 13.4. The Labute approximate surface area is 110 Å². The first-order valence-corrected chi connectivity index (χ1v) is 5.95. The summed E-state index contributed by atoms with van der Waals surface area (Å²) in [6.45, 7) is 1.99. The van der Waals surface area contributed by atoms with Crippen LogP contribution in [0.2, 0.25) is 0 Å². The minimum Gasteiger partial charge on any atom is -0.475 e. The van der Waals surface area contributed by atoms with E-state index in [0.29, 0.717) is 5.69 Å². The van der Waals surface area contributed by atoms with Crippen LogP contribution in [-0.2, 0) is 0 Å². The zero-order valence-electron chi connectivity index (χ0n) is 10.4. The van der Waals surface area contributed by atoms with Crippen LogP contribution in [0.25, 0.3) is 16.8 Å². The average Bonchev–Trinajstić information content (AvgIpc) is 2.79. The molecule has 0 fully saturated rings. The molecule has 2 aromatic heterocycles. The normalized spacial score (nSPS) is 10.8. The molecular formula is C15H12N2O2. The summed E-state index contributed by atoms with van der Waals surface area (Å²) in [5, 5.41) is 9.23. The lowest BCUT2D eigenvalue weighted by Gasteiger charge is -2.02. The zero-order valence-corrected chi connectivity index (χ0v) is 10.4. The van der Waals surface area contributed by atoms with Gasteiger partial charge in [0.1, 0.15) is 0 Å². The molecule has 0 amide bonds. The molecule has 0 saturated carbocycles. The maximum atomic E-state index is 11.3. The first-order valence-electron chi connectivity index (χ1n) is 5.95. The van der Waals surface area contributed by atoms with Crippen molar-refractivity contribution in [1.82, 2.24) is 9.38 Å². The molecular weight excluding hydrogens is 240 g/mol. The highest BCUT2D eigenvalue weighted by Crippen LogP contribution is 2.27. The van der Waals surface area contributed by atoms with E-state index in [2.05, 4.69) is 4.98 Å². The number of carbonyl (C=O) groups is 1. The molecule has 4 heteroatoms. The van der Waals surface area contributed by atoms with E-state index in [1.807, 2.05) is 43.3 Å². The first-order chi connectivity index (χ1) is 9.18. The van der Waals surface area contributed by atoms with Crippen LogP contribution in [0.4, 0.5) is 0 Å². The number of hydrogen-bond acceptors (Lipinski definition) is 2. The molecule has 0 bridgehead atoms. The van der Waals surface area contributed by atoms with Crippen molar-refractivity contribution in [3.63, 3.8) is 0 Å². The molecule has 0 aliphatic heterocycles. The minimum absolute atomic E-state index is 0.0360. The molecule has 0 atom stereocenters. The number of aromatic nitrogens is 2. The molecule has 0 aliphatic carbocycles. The number of nitrogens with zero attached hydrogens (tertiary/aromatic N) is 2. The van der Waals surface area contributed by atoms with Gasteiger partial charge in [0.15, 0.2) is 0 Å². The lowest BCUT2D eigenvalue weighted by Crippen LogP contribution is -2.02. The van der Waals surface area contributed by atoms with Crippen LogP contribution in [-0.4, -0.2) is 20.5 Å². The van der Waals surface area contributed by atoms with Crippen LogP contribution in [0, 0.1) is 6.92 Å². The molecule has 3 aromatic rings. The molecule has 1 N–H and O–H groups in total. The highest BCUT2D eigenvalue weighted by Gasteiger charge is 2.17. The smallest absolute Gasteiger partial charge is 0.372 e. The summed E-state index contributed by atoms with van der Waals surface area (Å²) in [5.74, 6) is -0.991. The fourth-order valence-electron chi connectivity index (χ4n) is 2.23. The van der Waals surface area contributed by atoms with Crippen LogP contribution in [0.3, 0.4) is 0 Å². The number of benzene rings is 1. The van der Waals surface area contributed by atoms with Crippen LogP contribution in [0.1, 0.15) is 16.2 Å². The third kappa shape index (κ3) is 1.78. The van der Waals surface area contributed by atoms with E-state index in [1.165, 1.54) is 0 Å².